The molecule has 1 fully saturated rings. The van der Waals surface area contributed by atoms with E-state index in [-0.39, 0.29) is 18.1 Å². The molecule has 1 aliphatic heterocycles. The van der Waals surface area contributed by atoms with Crippen LogP contribution in [0.5, 0.6) is 0 Å². The largest absolute Gasteiger partial charge is 0.324 e. The van der Waals surface area contributed by atoms with Gasteiger partial charge in [0.1, 0.15) is 4.60 Å². The summed E-state index contributed by atoms with van der Waals surface area (Å²) in [6.45, 7) is 0.518. The predicted molar refractivity (Wildman–Crippen MR) is 110 cm³/mol. The highest BCUT2D eigenvalue weighted by molar-refractivity contribution is 9.10. The second-order valence-electron chi connectivity index (χ2n) is 7.82. The van der Waals surface area contributed by atoms with E-state index in [2.05, 4.69) is 25.9 Å². The van der Waals surface area contributed by atoms with Gasteiger partial charge in [-0.15, -0.1) is 0 Å². The van der Waals surface area contributed by atoms with Gasteiger partial charge in [-0.05, 0) is 39.9 Å². The second-order valence-corrected chi connectivity index (χ2v) is 8.63. The maximum atomic E-state index is 13.3. The highest BCUT2D eigenvalue weighted by Crippen LogP contribution is 2.32. The van der Waals surface area contributed by atoms with Crippen molar-refractivity contribution in [1.29, 1.82) is 0 Å². The third kappa shape index (κ3) is 4.17. The zero-order valence-electron chi connectivity index (χ0n) is 15.8. The van der Waals surface area contributed by atoms with Gasteiger partial charge in [-0.2, -0.15) is 0 Å². The number of carbonyl (C=O) groups excluding carboxylic acids is 2. The minimum Gasteiger partial charge on any atom is -0.324 e. The van der Waals surface area contributed by atoms with E-state index in [1.807, 2.05) is 24.3 Å². The van der Waals surface area contributed by atoms with Crippen molar-refractivity contribution in [2.24, 2.45) is 5.92 Å². The fourth-order valence-corrected chi connectivity index (χ4v) is 4.63. The Balaban J connectivity index is 1.55. The van der Waals surface area contributed by atoms with Gasteiger partial charge >= 0.3 is 0 Å². The summed E-state index contributed by atoms with van der Waals surface area (Å²) in [5, 5.41) is 0. The van der Waals surface area contributed by atoms with Gasteiger partial charge in [-0.3, -0.25) is 14.6 Å². The Morgan fingerprint density at radius 1 is 1.14 bits per heavy atom. The lowest BCUT2D eigenvalue weighted by molar-refractivity contribution is -0.123. The number of Topliss-reactive ketones (excluding diaryl/α,β-unsaturated/α-hetero) is 1. The molecule has 1 unspecified atom stereocenters. The van der Waals surface area contributed by atoms with E-state index >= 15 is 0 Å². The molecule has 1 aliphatic carbocycles. The minimum absolute atomic E-state index is 0.0216. The van der Waals surface area contributed by atoms with Crippen molar-refractivity contribution in [3.63, 3.8) is 0 Å². The first kappa shape index (κ1) is 19.2. The number of halogens is 1. The van der Waals surface area contributed by atoms with E-state index < -0.39 is 6.04 Å². The van der Waals surface area contributed by atoms with Crippen LogP contribution in [0.4, 0.5) is 0 Å². The lowest BCUT2D eigenvalue weighted by Gasteiger charge is -2.31. The van der Waals surface area contributed by atoms with Crippen molar-refractivity contribution in [2.75, 3.05) is 0 Å². The van der Waals surface area contributed by atoms with Crippen molar-refractivity contribution < 1.29 is 9.59 Å². The van der Waals surface area contributed by atoms with Gasteiger partial charge < -0.3 is 4.90 Å². The molecule has 146 valence electrons. The Hall–Kier alpha value is -2.08. The fourth-order valence-electron chi connectivity index (χ4n) is 4.43. The van der Waals surface area contributed by atoms with E-state index in [1.165, 1.54) is 19.3 Å². The van der Waals surface area contributed by atoms with E-state index in [1.54, 1.807) is 17.3 Å². The summed E-state index contributed by atoms with van der Waals surface area (Å²) in [4.78, 5) is 36.6. The van der Waals surface area contributed by atoms with Crippen molar-refractivity contribution in [3.05, 3.63) is 58.1 Å². The van der Waals surface area contributed by atoms with E-state index in [4.69, 9.17) is 0 Å². The van der Waals surface area contributed by atoms with Crippen LogP contribution in [0.2, 0.25) is 0 Å². The number of amides is 1. The zero-order valence-corrected chi connectivity index (χ0v) is 17.4. The average Bonchev–Trinajstić information content (AvgIpc) is 3.05. The van der Waals surface area contributed by atoms with Gasteiger partial charge in [-0.1, -0.05) is 50.3 Å². The van der Waals surface area contributed by atoms with E-state index in [0.29, 0.717) is 22.8 Å². The minimum atomic E-state index is -0.395. The molecule has 2 aliphatic rings. The van der Waals surface area contributed by atoms with Crippen LogP contribution in [0.1, 0.15) is 60.1 Å². The number of ketones is 1. The number of hydrogen-bond donors (Lipinski definition) is 0. The van der Waals surface area contributed by atoms with Crippen molar-refractivity contribution in [3.8, 4) is 0 Å². The van der Waals surface area contributed by atoms with Crippen LogP contribution in [-0.4, -0.2) is 32.6 Å². The van der Waals surface area contributed by atoms with Gasteiger partial charge in [0, 0.05) is 12.1 Å². The van der Waals surface area contributed by atoms with Crippen LogP contribution in [0.3, 0.4) is 0 Å². The molecule has 0 bridgehead atoms. The van der Waals surface area contributed by atoms with E-state index in [9.17, 15) is 9.59 Å². The second kappa shape index (κ2) is 8.52. The molecule has 1 amide bonds. The number of nitrogens with zero attached hydrogens (tertiary/aromatic N) is 3. The molecule has 28 heavy (non-hydrogen) atoms. The molecule has 0 saturated heterocycles. The normalized spacial score (nSPS) is 18.2. The number of carbonyl (C=O) groups is 2. The Morgan fingerprint density at radius 3 is 2.64 bits per heavy atom. The summed E-state index contributed by atoms with van der Waals surface area (Å²) >= 11 is 3.27. The summed E-state index contributed by atoms with van der Waals surface area (Å²) in [5.41, 5.74) is 2.38. The lowest BCUT2D eigenvalue weighted by Crippen LogP contribution is -2.43. The molecule has 0 N–H and O–H groups in total. The van der Waals surface area contributed by atoms with Crippen LogP contribution in [-0.2, 0) is 17.8 Å². The summed E-state index contributed by atoms with van der Waals surface area (Å²) in [7, 11) is 0. The molecule has 5 nitrogen and oxygen atoms in total. The molecule has 0 spiro atoms. The molecule has 1 aromatic carbocycles. The summed E-state index contributed by atoms with van der Waals surface area (Å²) in [5.74, 6) is 0.546. The number of hydrogen-bond acceptors (Lipinski definition) is 4. The van der Waals surface area contributed by atoms with Crippen molar-refractivity contribution in [2.45, 2.75) is 57.5 Å². The molecule has 1 atom stereocenters. The average molecular weight is 442 g/mol. The molecule has 6 heteroatoms. The maximum Gasteiger partial charge on any atom is 0.255 e. The standard InChI is InChI=1S/C22H24BrN3O2/c23-21-13-24-17(12-25-21)11-20(27)19(10-15-6-2-1-3-7-15)26-14-16-8-4-5-9-18(16)22(26)28/h4-5,8-9,12-13,15,19H,1-3,6-7,10-11,14H2. The van der Waals surface area contributed by atoms with Crippen LogP contribution in [0, 0.1) is 5.92 Å². The third-order valence-corrected chi connectivity index (χ3v) is 6.32. The van der Waals surface area contributed by atoms with Gasteiger partial charge in [0.15, 0.2) is 5.78 Å². The number of fused-ring (bicyclic) bond motifs is 1. The van der Waals surface area contributed by atoms with Gasteiger partial charge in [-0.25, -0.2) is 4.98 Å². The quantitative estimate of drug-likeness (QED) is 0.668. The van der Waals surface area contributed by atoms with Crippen molar-refractivity contribution >= 4 is 27.6 Å². The van der Waals surface area contributed by atoms with Gasteiger partial charge in [0.2, 0.25) is 0 Å². The number of aromatic nitrogens is 2. The summed E-state index contributed by atoms with van der Waals surface area (Å²) < 4.78 is 0.646. The SMILES string of the molecule is O=C(Cc1cnc(Br)cn1)C(CC1CCCCC1)N1Cc2ccccc2C1=O. The molecule has 1 saturated carbocycles. The molecular weight excluding hydrogens is 418 g/mol. The highest BCUT2D eigenvalue weighted by Gasteiger charge is 2.37. The lowest BCUT2D eigenvalue weighted by atomic mass is 9.83. The van der Waals surface area contributed by atoms with Crippen LogP contribution in [0.15, 0.2) is 41.3 Å². The first-order valence-electron chi connectivity index (χ1n) is 10.00. The zero-order chi connectivity index (χ0) is 19.5. The molecule has 2 heterocycles. The van der Waals surface area contributed by atoms with Crippen molar-refractivity contribution in [1.82, 2.24) is 14.9 Å². The predicted octanol–water partition coefficient (Wildman–Crippen LogP) is 4.35. The molecule has 0 radical (unpaired) electrons. The van der Waals surface area contributed by atoms with Gasteiger partial charge in [0.05, 0.1) is 30.6 Å². The molecular formula is C22H24BrN3O2. The molecule has 4 rings (SSSR count). The Labute approximate surface area is 173 Å². The number of rotatable bonds is 6. The molecule has 2 aromatic rings. The first-order valence-corrected chi connectivity index (χ1v) is 10.8. The smallest absolute Gasteiger partial charge is 0.255 e. The topological polar surface area (TPSA) is 63.2 Å². The fraction of sp³-hybridized carbons (Fsp3) is 0.455. The van der Waals surface area contributed by atoms with Gasteiger partial charge in [0.25, 0.3) is 5.91 Å². The highest BCUT2D eigenvalue weighted by atomic mass is 79.9. The van der Waals surface area contributed by atoms with Crippen LogP contribution < -0.4 is 0 Å². The summed E-state index contributed by atoms with van der Waals surface area (Å²) in [6.07, 6.45) is 10.2. The Kier molecular flexibility index (Phi) is 5.85. The summed E-state index contributed by atoms with van der Waals surface area (Å²) in [6, 6.07) is 7.28. The monoisotopic (exact) mass is 441 g/mol. The van der Waals surface area contributed by atoms with Crippen LogP contribution >= 0.6 is 15.9 Å². The third-order valence-electron chi connectivity index (χ3n) is 5.91. The number of benzene rings is 1. The Morgan fingerprint density at radius 2 is 1.93 bits per heavy atom. The first-order chi connectivity index (χ1) is 13.6. The Bertz CT molecular complexity index is 862. The maximum absolute atomic E-state index is 13.3. The van der Waals surface area contributed by atoms with Crippen LogP contribution in [0.25, 0.3) is 0 Å². The van der Waals surface area contributed by atoms with E-state index in [0.717, 1.165) is 30.4 Å². The molecule has 1 aromatic heterocycles.